The monoisotopic (exact) mass is 631 g/mol. The van der Waals surface area contributed by atoms with Crippen LogP contribution in [0.4, 0.5) is 14.5 Å². The summed E-state index contributed by atoms with van der Waals surface area (Å²) in [6.07, 6.45) is 4.09. The molecule has 4 fully saturated rings. The minimum absolute atomic E-state index is 0.0743. The van der Waals surface area contributed by atoms with E-state index >= 15 is 4.39 Å². The largest absolute Gasteiger partial charge is 0.375 e. The lowest BCUT2D eigenvalue weighted by Crippen LogP contribution is -2.61. The van der Waals surface area contributed by atoms with Crippen molar-refractivity contribution in [3.05, 3.63) is 29.6 Å². The van der Waals surface area contributed by atoms with Crippen molar-refractivity contribution < 1.29 is 32.7 Å². The minimum atomic E-state index is -1.92. The first-order chi connectivity index (χ1) is 21.3. The Labute approximate surface area is 264 Å². The van der Waals surface area contributed by atoms with Crippen molar-refractivity contribution in [3.8, 4) is 0 Å². The van der Waals surface area contributed by atoms with E-state index in [0.717, 1.165) is 25.7 Å². The maximum absolute atomic E-state index is 15.6. The molecule has 3 N–H and O–H groups in total. The Morgan fingerprint density at radius 2 is 1.64 bits per heavy atom. The predicted octanol–water partition coefficient (Wildman–Crippen LogP) is 2.97. The molecule has 5 rings (SSSR count). The van der Waals surface area contributed by atoms with Gasteiger partial charge in [-0.1, -0.05) is 13.0 Å². The molecule has 248 valence electrons. The lowest BCUT2D eigenvalue weighted by atomic mass is 9.88. The number of amides is 4. The fraction of sp³-hybridized carbons (Fsp3) is 0.697. The Balaban J connectivity index is 1.33. The zero-order chi connectivity index (χ0) is 32.6. The van der Waals surface area contributed by atoms with Gasteiger partial charge in [-0.25, -0.2) is 8.78 Å². The first-order valence-electron chi connectivity index (χ1n) is 16.2. The first kappa shape index (κ1) is 33.2. The summed E-state index contributed by atoms with van der Waals surface area (Å²) < 4.78 is 35.2. The molecule has 3 saturated carbocycles. The number of nitrogens with one attached hydrogen (secondary N) is 3. The van der Waals surface area contributed by atoms with Crippen LogP contribution < -0.4 is 16.0 Å². The molecule has 1 saturated heterocycles. The Morgan fingerprint density at radius 3 is 2.20 bits per heavy atom. The van der Waals surface area contributed by atoms with Gasteiger partial charge in [0.2, 0.25) is 17.7 Å². The number of hydrogen-bond donors (Lipinski definition) is 3. The van der Waals surface area contributed by atoms with Crippen LogP contribution in [0.15, 0.2) is 18.2 Å². The second-order valence-electron chi connectivity index (χ2n) is 13.8. The van der Waals surface area contributed by atoms with Crippen molar-refractivity contribution in [1.82, 2.24) is 20.4 Å². The van der Waals surface area contributed by atoms with Crippen molar-refractivity contribution in [2.75, 3.05) is 39.2 Å². The number of benzene rings is 1. The van der Waals surface area contributed by atoms with E-state index in [2.05, 4.69) is 20.9 Å². The van der Waals surface area contributed by atoms with Gasteiger partial charge < -0.3 is 25.6 Å². The third-order valence-corrected chi connectivity index (χ3v) is 10.1. The van der Waals surface area contributed by atoms with Crippen LogP contribution in [0.3, 0.4) is 0 Å². The topological polar surface area (TPSA) is 120 Å². The number of methoxy groups -OCH3 is 1. The highest BCUT2D eigenvalue weighted by atomic mass is 19.1. The molecule has 4 amide bonds. The summed E-state index contributed by atoms with van der Waals surface area (Å²) in [6, 6.07) is 2.43. The predicted molar refractivity (Wildman–Crippen MR) is 164 cm³/mol. The van der Waals surface area contributed by atoms with Gasteiger partial charge in [0.1, 0.15) is 24.5 Å². The van der Waals surface area contributed by atoms with Crippen LogP contribution in [0.25, 0.3) is 0 Å². The number of alkyl halides is 1. The Morgan fingerprint density at radius 1 is 1.00 bits per heavy atom. The molecule has 1 aromatic carbocycles. The summed E-state index contributed by atoms with van der Waals surface area (Å²) in [5, 5.41) is 8.12. The van der Waals surface area contributed by atoms with Crippen molar-refractivity contribution in [1.29, 1.82) is 0 Å². The van der Waals surface area contributed by atoms with Gasteiger partial charge in [0.15, 0.2) is 5.67 Å². The average Bonchev–Trinajstić information content (AvgIpc) is 3.84. The maximum atomic E-state index is 15.6. The van der Waals surface area contributed by atoms with Crippen molar-refractivity contribution in [2.24, 2.45) is 17.8 Å². The molecule has 0 unspecified atom stereocenters. The van der Waals surface area contributed by atoms with E-state index in [4.69, 9.17) is 4.74 Å². The van der Waals surface area contributed by atoms with E-state index in [-0.39, 0.29) is 60.9 Å². The second-order valence-corrected chi connectivity index (χ2v) is 13.8. The lowest BCUT2D eigenvalue weighted by molar-refractivity contribution is -0.142. The number of nitrogens with zero attached hydrogens (tertiary/aromatic N) is 2. The summed E-state index contributed by atoms with van der Waals surface area (Å²) >= 11 is 0. The highest BCUT2D eigenvalue weighted by Gasteiger charge is 2.54. The second kappa shape index (κ2) is 13.3. The molecule has 12 heteroatoms. The van der Waals surface area contributed by atoms with Gasteiger partial charge in [-0.15, -0.1) is 0 Å². The fourth-order valence-corrected chi connectivity index (χ4v) is 6.69. The molecule has 10 nitrogen and oxygen atoms in total. The molecule has 1 heterocycles. The smallest absolute Gasteiger partial charge is 0.258 e. The number of carbonyl (C=O) groups excluding carboxylic acids is 4. The van der Waals surface area contributed by atoms with E-state index in [9.17, 15) is 23.6 Å². The van der Waals surface area contributed by atoms with E-state index in [1.807, 2.05) is 20.9 Å². The highest BCUT2D eigenvalue weighted by Crippen LogP contribution is 2.51. The molecule has 0 bridgehead atoms. The van der Waals surface area contributed by atoms with Crippen LogP contribution in [0.1, 0.15) is 70.8 Å². The lowest BCUT2D eigenvalue weighted by Gasteiger charge is -2.44. The van der Waals surface area contributed by atoms with Crippen LogP contribution in [-0.2, 0) is 23.9 Å². The summed E-state index contributed by atoms with van der Waals surface area (Å²) in [6.45, 7) is 6.68. The molecule has 0 spiro atoms. The fourth-order valence-electron chi connectivity index (χ4n) is 6.69. The number of halogens is 2. The van der Waals surface area contributed by atoms with Gasteiger partial charge >= 0.3 is 0 Å². The standard InChI is InChI=1S/C33H47F2N5O5/c1-18-16-40(19(2)15-39(18)4)31(43)28(37-26(41)17-45-5)20(3)23-10-11-25(24(34)14-23)36-30(42)29(38-32(44)33(35)12-13-33)27(21-6-7-21)22-8-9-22/h10-11,14,18-22,27-29H,6-9,12-13,15-17H2,1-5H3,(H,36,42)(H,37,41)(H,38,44)/t18-,19-,20+,28-,29+/m1/s1. The summed E-state index contributed by atoms with van der Waals surface area (Å²) in [4.78, 5) is 56.6. The van der Waals surface area contributed by atoms with Gasteiger partial charge in [0.05, 0.1) is 5.69 Å². The molecule has 3 aliphatic carbocycles. The number of likely N-dealkylation sites (N-methyl/N-ethyl adjacent to an activating group) is 1. The van der Waals surface area contributed by atoms with Gasteiger partial charge in [-0.2, -0.15) is 0 Å². The molecule has 5 atom stereocenters. The van der Waals surface area contributed by atoms with Gasteiger partial charge in [0, 0.05) is 38.2 Å². The summed E-state index contributed by atoms with van der Waals surface area (Å²) in [5.74, 6) is -2.92. The average molecular weight is 632 g/mol. The normalized spacial score (nSPS) is 24.8. The summed E-state index contributed by atoms with van der Waals surface area (Å²) in [5.41, 5.74) is -1.54. The minimum Gasteiger partial charge on any atom is -0.375 e. The SMILES string of the molecule is COCC(=O)N[C@@H](C(=O)N1C[C@@H](C)N(C)C[C@H]1C)[C@@H](C)c1ccc(NC(=O)[C@@H](NC(=O)C2(F)CC2)C(C2CC2)C2CC2)c(F)c1. The summed E-state index contributed by atoms with van der Waals surface area (Å²) in [7, 11) is 3.40. The van der Waals surface area contributed by atoms with Crippen LogP contribution in [0.2, 0.25) is 0 Å². The van der Waals surface area contributed by atoms with Gasteiger partial charge in [-0.3, -0.25) is 24.1 Å². The molecule has 1 aromatic rings. The van der Waals surface area contributed by atoms with E-state index < -0.39 is 47.2 Å². The van der Waals surface area contributed by atoms with E-state index in [0.29, 0.717) is 18.7 Å². The molecule has 0 radical (unpaired) electrons. The molecular formula is C33H47F2N5O5. The molecular weight excluding hydrogens is 584 g/mol. The molecule has 1 aliphatic heterocycles. The van der Waals surface area contributed by atoms with Crippen molar-refractivity contribution in [3.63, 3.8) is 0 Å². The quantitative estimate of drug-likeness (QED) is 0.308. The van der Waals surface area contributed by atoms with Crippen LogP contribution >= 0.6 is 0 Å². The number of carbonyl (C=O) groups is 4. The van der Waals surface area contributed by atoms with Crippen molar-refractivity contribution >= 4 is 29.3 Å². The van der Waals surface area contributed by atoms with Gasteiger partial charge in [0.25, 0.3) is 5.91 Å². The molecule has 45 heavy (non-hydrogen) atoms. The third kappa shape index (κ3) is 7.65. The molecule has 4 aliphatic rings. The van der Waals surface area contributed by atoms with Crippen molar-refractivity contribution in [2.45, 2.75) is 95.1 Å². The third-order valence-electron chi connectivity index (χ3n) is 10.1. The highest BCUT2D eigenvalue weighted by molar-refractivity contribution is 5.99. The first-order valence-corrected chi connectivity index (χ1v) is 16.2. The number of piperazine rings is 1. The number of hydrogen-bond acceptors (Lipinski definition) is 6. The van der Waals surface area contributed by atoms with E-state index in [1.54, 1.807) is 17.9 Å². The number of anilines is 1. The molecule has 0 aromatic heterocycles. The Bertz CT molecular complexity index is 1290. The van der Waals surface area contributed by atoms with Crippen LogP contribution in [-0.4, -0.2) is 97.1 Å². The zero-order valence-corrected chi connectivity index (χ0v) is 26.9. The maximum Gasteiger partial charge on any atom is 0.258 e. The van der Waals surface area contributed by atoms with Gasteiger partial charge in [-0.05, 0) is 94.9 Å². The van der Waals surface area contributed by atoms with E-state index in [1.165, 1.54) is 19.2 Å². The van der Waals surface area contributed by atoms with Crippen LogP contribution in [0, 0.1) is 23.6 Å². The Hall–Kier alpha value is -3.12. The zero-order valence-electron chi connectivity index (χ0n) is 26.9. The van der Waals surface area contributed by atoms with Crippen LogP contribution in [0.5, 0.6) is 0 Å². The Kier molecular flexibility index (Phi) is 9.84. The number of rotatable bonds is 13. The number of ether oxygens (including phenoxy) is 1.